The van der Waals surface area contributed by atoms with Crippen LogP contribution in [0.4, 0.5) is 0 Å². The Balaban J connectivity index is 4.38. The molecule has 0 aromatic rings. The van der Waals surface area contributed by atoms with Crippen LogP contribution in [-0.4, -0.2) is 19.5 Å². The predicted molar refractivity (Wildman–Crippen MR) is 61.9 cm³/mol. The molecule has 0 radical (unpaired) electrons. The molecule has 0 N–H and O–H groups in total. The summed E-state index contributed by atoms with van der Waals surface area (Å²) in [5.41, 5.74) is 0.107. The molecule has 1 atom stereocenters. The van der Waals surface area contributed by atoms with E-state index < -0.39 is 0 Å². The number of hydrogen-bond acceptors (Lipinski definition) is 1. The van der Waals surface area contributed by atoms with E-state index in [1.54, 1.807) is 0 Å². The lowest BCUT2D eigenvalue weighted by Gasteiger charge is -2.38. The lowest BCUT2D eigenvalue weighted by atomic mass is 9.83. The zero-order valence-electron chi connectivity index (χ0n) is 10.2. The van der Waals surface area contributed by atoms with Crippen molar-refractivity contribution in [2.75, 3.05) is 0 Å². The highest BCUT2D eigenvalue weighted by atomic mass is 16.5. The van der Waals surface area contributed by atoms with Gasteiger partial charge in [-0.15, -0.1) is 0 Å². The van der Waals surface area contributed by atoms with E-state index in [0.717, 1.165) is 19.3 Å². The molecule has 0 heterocycles. The molecule has 0 aliphatic carbocycles. The van der Waals surface area contributed by atoms with E-state index >= 15 is 0 Å². The van der Waals surface area contributed by atoms with Gasteiger partial charge < -0.3 is 4.74 Å². The summed E-state index contributed by atoms with van der Waals surface area (Å²) in [7, 11) is 2.17. The topological polar surface area (TPSA) is 9.23 Å². The predicted octanol–water partition coefficient (Wildman–Crippen LogP) is 2.59. The standard InChI is InChI=1S/C11H25BO/c1-6-10(12)13-11(7-2,8-3)9(4)5/h9-10H,6-8,12H2,1-5H3. The Labute approximate surface area is 84.7 Å². The van der Waals surface area contributed by atoms with Gasteiger partial charge in [0.25, 0.3) is 0 Å². The fourth-order valence-corrected chi connectivity index (χ4v) is 1.85. The second-order valence-corrected chi connectivity index (χ2v) is 4.26. The van der Waals surface area contributed by atoms with Crippen LogP contribution < -0.4 is 0 Å². The second-order valence-electron chi connectivity index (χ2n) is 4.26. The van der Waals surface area contributed by atoms with Gasteiger partial charge in [0.05, 0.1) is 5.60 Å². The molecule has 0 saturated heterocycles. The van der Waals surface area contributed by atoms with Crippen LogP contribution in [0, 0.1) is 5.92 Å². The first-order chi connectivity index (χ1) is 6.02. The quantitative estimate of drug-likeness (QED) is 0.576. The smallest absolute Gasteiger partial charge is 0.139 e. The largest absolute Gasteiger partial charge is 0.381 e. The lowest BCUT2D eigenvalue weighted by Crippen LogP contribution is -2.40. The van der Waals surface area contributed by atoms with E-state index in [-0.39, 0.29) is 5.60 Å². The Bertz CT molecular complexity index is 130. The van der Waals surface area contributed by atoms with Gasteiger partial charge in [-0.3, -0.25) is 0 Å². The molecular formula is C11H25BO. The van der Waals surface area contributed by atoms with Crippen LogP contribution in [0.25, 0.3) is 0 Å². The Hall–Kier alpha value is 0.0249. The Morgan fingerprint density at radius 2 is 1.62 bits per heavy atom. The average Bonchev–Trinajstić information content (AvgIpc) is 2.13. The molecule has 0 bridgehead atoms. The van der Waals surface area contributed by atoms with Crippen LogP contribution in [-0.2, 0) is 4.74 Å². The maximum atomic E-state index is 6.15. The van der Waals surface area contributed by atoms with Crippen LogP contribution >= 0.6 is 0 Å². The van der Waals surface area contributed by atoms with Crippen molar-refractivity contribution in [3.63, 3.8) is 0 Å². The van der Waals surface area contributed by atoms with E-state index in [9.17, 15) is 0 Å². The molecule has 1 unspecified atom stereocenters. The van der Waals surface area contributed by atoms with Crippen LogP contribution in [0.15, 0.2) is 0 Å². The highest BCUT2D eigenvalue weighted by molar-refractivity contribution is 6.10. The van der Waals surface area contributed by atoms with Crippen molar-refractivity contribution in [2.45, 2.75) is 65.5 Å². The summed E-state index contributed by atoms with van der Waals surface area (Å²) in [5.74, 6) is 0.608. The molecule has 0 saturated carbocycles. The van der Waals surface area contributed by atoms with Crippen molar-refractivity contribution in [3.8, 4) is 0 Å². The SMILES string of the molecule is BC(CC)OC(CC)(CC)C(C)C. The van der Waals surface area contributed by atoms with Crippen molar-refractivity contribution in [1.29, 1.82) is 0 Å². The van der Waals surface area contributed by atoms with E-state index in [1.165, 1.54) is 0 Å². The van der Waals surface area contributed by atoms with Crippen molar-refractivity contribution in [2.24, 2.45) is 5.92 Å². The Morgan fingerprint density at radius 1 is 1.15 bits per heavy atom. The summed E-state index contributed by atoms with van der Waals surface area (Å²) < 4.78 is 6.15. The molecule has 0 aromatic carbocycles. The van der Waals surface area contributed by atoms with Gasteiger partial charge in [-0.25, -0.2) is 0 Å². The zero-order valence-corrected chi connectivity index (χ0v) is 10.2. The monoisotopic (exact) mass is 184 g/mol. The molecule has 0 aromatic heterocycles. The third-order valence-electron chi connectivity index (χ3n) is 3.26. The maximum Gasteiger partial charge on any atom is 0.139 e. The third kappa shape index (κ3) is 3.34. The highest BCUT2D eigenvalue weighted by Crippen LogP contribution is 2.30. The van der Waals surface area contributed by atoms with E-state index in [4.69, 9.17) is 4.74 Å². The van der Waals surface area contributed by atoms with Crippen molar-refractivity contribution in [3.05, 3.63) is 0 Å². The van der Waals surface area contributed by atoms with Gasteiger partial charge >= 0.3 is 0 Å². The van der Waals surface area contributed by atoms with Crippen molar-refractivity contribution < 1.29 is 4.74 Å². The van der Waals surface area contributed by atoms with Gasteiger partial charge in [-0.05, 0) is 25.2 Å². The highest BCUT2D eigenvalue weighted by Gasteiger charge is 2.32. The summed E-state index contributed by atoms with van der Waals surface area (Å²) in [6, 6.07) is 0.391. The average molecular weight is 184 g/mol. The van der Waals surface area contributed by atoms with Crippen LogP contribution in [0.3, 0.4) is 0 Å². The molecule has 0 aliphatic heterocycles. The molecule has 13 heavy (non-hydrogen) atoms. The van der Waals surface area contributed by atoms with E-state index in [0.29, 0.717) is 11.9 Å². The number of rotatable bonds is 6. The van der Waals surface area contributed by atoms with Crippen LogP contribution in [0.2, 0.25) is 0 Å². The Morgan fingerprint density at radius 3 is 1.85 bits per heavy atom. The fraction of sp³-hybridized carbons (Fsp3) is 1.00. The van der Waals surface area contributed by atoms with Crippen molar-refractivity contribution in [1.82, 2.24) is 0 Å². The van der Waals surface area contributed by atoms with Gasteiger partial charge in [0, 0.05) is 6.00 Å². The maximum absolute atomic E-state index is 6.15. The first-order valence-corrected chi connectivity index (χ1v) is 5.70. The molecule has 0 spiro atoms. The van der Waals surface area contributed by atoms with Gasteiger partial charge in [0.2, 0.25) is 0 Å². The van der Waals surface area contributed by atoms with Crippen LogP contribution in [0.1, 0.15) is 53.9 Å². The van der Waals surface area contributed by atoms with E-state index in [1.807, 2.05) is 0 Å². The lowest BCUT2D eigenvalue weighted by molar-refractivity contribution is -0.0994. The molecule has 0 rings (SSSR count). The summed E-state index contributed by atoms with van der Waals surface area (Å²) in [6.45, 7) is 11.2. The summed E-state index contributed by atoms with van der Waals surface area (Å²) >= 11 is 0. The van der Waals surface area contributed by atoms with Gasteiger partial charge in [-0.2, -0.15) is 0 Å². The van der Waals surface area contributed by atoms with E-state index in [2.05, 4.69) is 42.5 Å². The van der Waals surface area contributed by atoms with Crippen molar-refractivity contribution >= 4 is 7.85 Å². The zero-order chi connectivity index (χ0) is 10.5. The second kappa shape index (κ2) is 5.69. The summed E-state index contributed by atoms with van der Waals surface area (Å²) in [4.78, 5) is 0. The van der Waals surface area contributed by atoms with Gasteiger partial charge in [0.1, 0.15) is 7.85 Å². The number of ether oxygens (including phenoxy) is 1. The Kier molecular flexibility index (Phi) is 5.70. The first kappa shape index (κ1) is 13.0. The molecule has 0 aliphatic rings. The molecule has 0 fully saturated rings. The third-order valence-corrected chi connectivity index (χ3v) is 3.26. The summed E-state index contributed by atoms with van der Waals surface area (Å²) in [6.07, 6.45) is 3.34. The van der Waals surface area contributed by atoms with Gasteiger partial charge in [-0.1, -0.05) is 34.6 Å². The van der Waals surface area contributed by atoms with Gasteiger partial charge in [0.15, 0.2) is 0 Å². The molecule has 78 valence electrons. The minimum atomic E-state index is 0.107. The van der Waals surface area contributed by atoms with Crippen LogP contribution in [0.5, 0.6) is 0 Å². The summed E-state index contributed by atoms with van der Waals surface area (Å²) in [5, 5.41) is 0. The minimum absolute atomic E-state index is 0.107. The molecule has 1 nitrogen and oxygen atoms in total. The fourth-order valence-electron chi connectivity index (χ4n) is 1.85. The molecule has 0 amide bonds. The molecular weight excluding hydrogens is 159 g/mol. The minimum Gasteiger partial charge on any atom is -0.381 e. The number of hydrogen-bond donors (Lipinski definition) is 0. The molecule has 2 heteroatoms. The normalized spacial score (nSPS) is 14.9. The first-order valence-electron chi connectivity index (χ1n) is 5.70.